The first kappa shape index (κ1) is 14.5. The third-order valence-electron chi connectivity index (χ3n) is 3.19. The van der Waals surface area contributed by atoms with Gasteiger partial charge < -0.3 is 14.5 Å². The van der Waals surface area contributed by atoms with Gasteiger partial charge in [0.25, 0.3) is 0 Å². The van der Waals surface area contributed by atoms with Crippen LogP contribution in [0.4, 0.5) is 0 Å². The van der Waals surface area contributed by atoms with Crippen LogP contribution >= 0.6 is 0 Å². The van der Waals surface area contributed by atoms with Crippen molar-refractivity contribution in [2.24, 2.45) is 5.92 Å². The second kappa shape index (κ2) is 7.67. The molecule has 0 unspecified atom stereocenters. The zero-order chi connectivity index (χ0) is 12.7. The summed E-state index contributed by atoms with van der Waals surface area (Å²) in [7, 11) is 2.14. The molecule has 1 heterocycles. The number of rotatable bonds is 6. The molecule has 0 amide bonds. The van der Waals surface area contributed by atoms with Crippen LogP contribution in [0.3, 0.4) is 0 Å². The van der Waals surface area contributed by atoms with Gasteiger partial charge in [-0.15, -0.1) is 0 Å². The number of esters is 1. The molecular weight excluding hydrogens is 216 g/mol. The Morgan fingerprint density at radius 3 is 2.47 bits per heavy atom. The largest absolute Gasteiger partial charge is 0.466 e. The summed E-state index contributed by atoms with van der Waals surface area (Å²) in [4.78, 5) is 16.1. The zero-order valence-electron chi connectivity index (χ0n) is 11.4. The molecule has 1 aliphatic heterocycles. The molecule has 1 fully saturated rings. The van der Waals surface area contributed by atoms with Crippen molar-refractivity contribution >= 4 is 5.97 Å². The molecule has 0 aromatic rings. The topological polar surface area (TPSA) is 32.8 Å². The Labute approximate surface area is 105 Å². The highest BCUT2D eigenvalue weighted by Crippen LogP contribution is 2.02. The van der Waals surface area contributed by atoms with Gasteiger partial charge in [-0.25, -0.2) is 0 Å². The molecule has 4 heteroatoms. The number of ether oxygens (including phenoxy) is 1. The number of hydrogen-bond acceptors (Lipinski definition) is 4. The maximum absolute atomic E-state index is 11.5. The van der Waals surface area contributed by atoms with Crippen LogP contribution in [0.25, 0.3) is 0 Å². The standard InChI is InChI=1S/C13H26N2O2/c1-12(2)5-11-17-13(16)4-6-15-9-7-14(3)8-10-15/h12H,4-11H2,1-3H3. The van der Waals surface area contributed by atoms with Gasteiger partial charge in [-0.2, -0.15) is 0 Å². The van der Waals surface area contributed by atoms with E-state index in [1.807, 2.05) is 0 Å². The summed E-state index contributed by atoms with van der Waals surface area (Å²) in [5.41, 5.74) is 0. The van der Waals surface area contributed by atoms with Crippen molar-refractivity contribution in [2.45, 2.75) is 26.7 Å². The van der Waals surface area contributed by atoms with E-state index in [9.17, 15) is 4.79 Å². The highest BCUT2D eigenvalue weighted by molar-refractivity contribution is 5.69. The minimum Gasteiger partial charge on any atom is -0.466 e. The first-order valence-corrected chi connectivity index (χ1v) is 6.64. The Morgan fingerprint density at radius 1 is 1.24 bits per heavy atom. The zero-order valence-corrected chi connectivity index (χ0v) is 11.4. The van der Waals surface area contributed by atoms with Crippen LogP contribution in [-0.4, -0.2) is 62.1 Å². The first-order valence-electron chi connectivity index (χ1n) is 6.64. The maximum atomic E-state index is 11.5. The summed E-state index contributed by atoms with van der Waals surface area (Å²) in [5, 5.41) is 0. The fourth-order valence-electron chi connectivity index (χ4n) is 1.80. The van der Waals surface area contributed by atoms with Gasteiger partial charge in [0.15, 0.2) is 0 Å². The fourth-order valence-corrected chi connectivity index (χ4v) is 1.80. The minimum atomic E-state index is -0.0513. The fraction of sp³-hybridized carbons (Fsp3) is 0.923. The molecule has 0 spiro atoms. The quantitative estimate of drug-likeness (QED) is 0.656. The van der Waals surface area contributed by atoms with Crippen molar-refractivity contribution in [1.29, 1.82) is 0 Å². The van der Waals surface area contributed by atoms with Crippen LogP contribution in [0.5, 0.6) is 0 Å². The molecule has 17 heavy (non-hydrogen) atoms. The van der Waals surface area contributed by atoms with Crippen LogP contribution in [0.15, 0.2) is 0 Å². The van der Waals surface area contributed by atoms with Crippen LogP contribution in [-0.2, 0) is 9.53 Å². The predicted molar refractivity (Wildman–Crippen MR) is 69.0 cm³/mol. The second-order valence-electron chi connectivity index (χ2n) is 5.30. The Hall–Kier alpha value is -0.610. The normalized spacial score (nSPS) is 18.6. The van der Waals surface area contributed by atoms with Crippen LogP contribution in [0.1, 0.15) is 26.7 Å². The molecule has 1 rings (SSSR count). The van der Waals surface area contributed by atoms with Gasteiger partial charge in [0.1, 0.15) is 0 Å². The average Bonchev–Trinajstić information content (AvgIpc) is 2.28. The summed E-state index contributed by atoms with van der Waals surface area (Å²) in [6.07, 6.45) is 1.49. The van der Waals surface area contributed by atoms with Gasteiger partial charge in [-0.1, -0.05) is 13.8 Å². The lowest BCUT2D eigenvalue weighted by molar-refractivity contribution is -0.144. The number of hydrogen-bond donors (Lipinski definition) is 0. The number of likely N-dealkylation sites (N-methyl/N-ethyl adjacent to an activating group) is 1. The van der Waals surface area contributed by atoms with E-state index in [0.29, 0.717) is 18.9 Å². The summed E-state index contributed by atoms with van der Waals surface area (Å²) in [5.74, 6) is 0.546. The second-order valence-corrected chi connectivity index (χ2v) is 5.30. The molecule has 0 atom stereocenters. The molecule has 1 aliphatic rings. The van der Waals surface area contributed by atoms with E-state index in [-0.39, 0.29) is 5.97 Å². The number of nitrogens with zero attached hydrogens (tertiary/aromatic N) is 2. The number of carbonyl (C=O) groups is 1. The van der Waals surface area contributed by atoms with Crippen molar-refractivity contribution in [2.75, 3.05) is 46.4 Å². The van der Waals surface area contributed by atoms with Gasteiger partial charge in [0.2, 0.25) is 0 Å². The highest BCUT2D eigenvalue weighted by atomic mass is 16.5. The van der Waals surface area contributed by atoms with Crippen molar-refractivity contribution < 1.29 is 9.53 Å². The predicted octanol–water partition coefficient (Wildman–Crippen LogP) is 1.21. The molecule has 4 nitrogen and oxygen atoms in total. The summed E-state index contributed by atoms with van der Waals surface area (Å²) in [6, 6.07) is 0. The molecule has 0 aromatic carbocycles. The van der Waals surface area contributed by atoms with E-state index >= 15 is 0 Å². The Bertz CT molecular complexity index is 223. The first-order chi connectivity index (χ1) is 8.08. The third kappa shape index (κ3) is 6.64. The Morgan fingerprint density at radius 2 is 1.88 bits per heavy atom. The van der Waals surface area contributed by atoms with Crippen LogP contribution < -0.4 is 0 Å². The van der Waals surface area contributed by atoms with E-state index in [1.165, 1.54) is 0 Å². The molecule has 100 valence electrons. The monoisotopic (exact) mass is 242 g/mol. The molecule has 0 radical (unpaired) electrons. The molecule has 1 saturated heterocycles. The minimum absolute atomic E-state index is 0.0513. The van der Waals surface area contributed by atoms with E-state index in [1.54, 1.807) is 0 Å². The van der Waals surface area contributed by atoms with Crippen molar-refractivity contribution in [1.82, 2.24) is 9.80 Å². The lowest BCUT2D eigenvalue weighted by Gasteiger charge is -2.31. The smallest absolute Gasteiger partial charge is 0.307 e. The van der Waals surface area contributed by atoms with Gasteiger partial charge in [0, 0.05) is 32.7 Å². The van der Waals surface area contributed by atoms with Crippen LogP contribution in [0.2, 0.25) is 0 Å². The summed E-state index contributed by atoms with van der Waals surface area (Å²) < 4.78 is 5.19. The molecule has 0 bridgehead atoms. The van der Waals surface area contributed by atoms with Gasteiger partial charge in [0.05, 0.1) is 13.0 Å². The third-order valence-corrected chi connectivity index (χ3v) is 3.19. The SMILES string of the molecule is CC(C)CCOC(=O)CCN1CCN(C)CC1. The van der Waals surface area contributed by atoms with Gasteiger partial charge >= 0.3 is 5.97 Å². The lowest BCUT2D eigenvalue weighted by Crippen LogP contribution is -2.45. The van der Waals surface area contributed by atoms with E-state index in [0.717, 1.165) is 39.1 Å². The molecule has 0 aromatic heterocycles. The molecule has 0 N–H and O–H groups in total. The lowest BCUT2D eigenvalue weighted by atomic mass is 10.1. The van der Waals surface area contributed by atoms with Crippen molar-refractivity contribution in [3.8, 4) is 0 Å². The van der Waals surface area contributed by atoms with Gasteiger partial charge in [-0.3, -0.25) is 4.79 Å². The number of carbonyl (C=O) groups excluding carboxylic acids is 1. The molecular formula is C13H26N2O2. The maximum Gasteiger partial charge on any atom is 0.307 e. The average molecular weight is 242 g/mol. The van der Waals surface area contributed by atoms with E-state index < -0.39 is 0 Å². The van der Waals surface area contributed by atoms with Crippen molar-refractivity contribution in [3.05, 3.63) is 0 Å². The summed E-state index contributed by atoms with van der Waals surface area (Å²) in [6.45, 7) is 10.0. The van der Waals surface area contributed by atoms with Crippen molar-refractivity contribution in [3.63, 3.8) is 0 Å². The molecule has 0 aliphatic carbocycles. The van der Waals surface area contributed by atoms with E-state index in [4.69, 9.17) is 4.74 Å². The molecule has 0 saturated carbocycles. The van der Waals surface area contributed by atoms with Crippen LogP contribution in [0, 0.1) is 5.92 Å². The Kier molecular flexibility index (Phi) is 6.52. The Balaban J connectivity index is 2.03. The number of piperazine rings is 1. The van der Waals surface area contributed by atoms with E-state index in [2.05, 4.69) is 30.7 Å². The van der Waals surface area contributed by atoms with Gasteiger partial charge in [-0.05, 0) is 19.4 Å². The highest BCUT2D eigenvalue weighted by Gasteiger charge is 2.14. The summed E-state index contributed by atoms with van der Waals surface area (Å²) >= 11 is 0.